The molecule has 4 N–H and O–H groups in total. The first-order valence-electron chi connectivity index (χ1n) is 17.2. The number of alkyl halides is 17. The normalized spacial score (nSPS) is 14.8. The third-order valence-corrected chi connectivity index (χ3v) is 8.54. The highest BCUT2D eigenvalue weighted by molar-refractivity contribution is 5.94. The van der Waals surface area contributed by atoms with E-state index in [2.05, 4.69) is 10.2 Å². The number of anilines is 1. The molecule has 0 saturated carbocycles. The van der Waals surface area contributed by atoms with E-state index < -0.39 is 111 Å². The Morgan fingerprint density at radius 2 is 1.15 bits per heavy atom. The van der Waals surface area contributed by atoms with Gasteiger partial charge in [0.15, 0.2) is 0 Å². The van der Waals surface area contributed by atoms with Crippen molar-refractivity contribution in [3.05, 3.63) is 54.1 Å². The van der Waals surface area contributed by atoms with Crippen molar-refractivity contribution < 1.29 is 99.2 Å². The first-order chi connectivity index (χ1) is 27.7. The maximum atomic E-state index is 14.8. The van der Waals surface area contributed by atoms with Crippen molar-refractivity contribution >= 4 is 28.9 Å². The number of aliphatic hydroxyl groups excluding tert-OH is 2. The van der Waals surface area contributed by atoms with Crippen LogP contribution in [0, 0.1) is 5.92 Å². The molecule has 0 aromatic heterocycles. The summed E-state index contributed by atoms with van der Waals surface area (Å²) in [6.45, 7) is -2.98. The summed E-state index contributed by atoms with van der Waals surface area (Å²) in [7, 11) is 3.60. The van der Waals surface area contributed by atoms with Gasteiger partial charge in [0.1, 0.15) is 6.10 Å². The fourth-order valence-electron chi connectivity index (χ4n) is 4.77. The standard InChI is InChI=1S/C34H36F17N5O5/c1-56(2)23-10-8-22(9-11-23)55-54-21-6-4-19(5-7-21)25(59)53-16-20(26(60)52-14-3-15-61-18-24(58)17-57)12-13-27(35,36)28(37,38)29(39,40)30(41,42)31(43,44)32(45,46)33(47,48)34(49,50)51/h4-11,20,24,57-58H,3,12-18H2,1-2H3,(H,52,60)(H,53,59). The van der Waals surface area contributed by atoms with Gasteiger partial charge in [0.25, 0.3) is 5.91 Å². The Balaban J connectivity index is 2.31. The van der Waals surface area contributed by atoms with Crippen molar-refractivity contribution in [1.82, 2.24) is 10.6 Å². The maximum Gasteiger partial charge on any atom is 0.460 e. The first-order valence-corrected chi connectivity index (χ1v) is 17.2. The fraction of sp³-hybridized carbons (Fsp3) is 0.588. The number of carbonyl (C=O) groups excluding carboxylic acids is 2. The second-order valence-electron chi connectivity index (χ2n) is 13.3. The molecular formula is C34H36F17N5O5. The van der Waals surface area contributed by atoms with E-state index in [9.17, 15) is 89.3 Å². The Bertz CT molecular complexity index is 1780. The van der Waals surface area contributed by atoms with Gasteiger partial charge in [0.05, 0.1) is 30.5 Å². The van der Waals surface area contributed by atoms with E-state index >= 15 is 0 Å². The average molecular weight is 918 g/mol. The number of hydrogen-bond acceptors (Lipinski definition) is 8. The van der Waals surface area contributed by atoms with Crippen LogP contribution in [-0.2, 0) is 9.53 Å². The summed E-state index contributed by atoms with van der Waals surface area (Å²) in [5.74, 6) is -62.4. The van der Waals surface area contributed by atoms with Gasteiger partial charge in [0, 0.05) is 51.5 Å². The van der Waals surface area contributed by atoms with E-state index in [1.807, 2.05) is 15.5 Å². The third-order valence-electron chi connectivity index (χ3n) is 8.54. The second kappa shape index (κ2) is 19.7. The Labute approximate surface area is 334 Å². The predicted octanol–water partition coefficient (Wildman–Crippen LogP) is 8.18. The van der Waals surface area contributed by atoms with Gasteiger partial charge in [-0.2, -0.15) is 84.9 Å². The van der Waals surface area contributed by atoms with Crippen molar-refractivity contribution in [2.24, 2.45) is 16.1 Å². The Hall–Kier alpha value is -4.53. The molecule has 0 heterocycles. The highest BCUT2D eigenvalue weighted by Crippen LogP contribution is 2.64. The predicted molar refractivity (Wildman–Crippen MR) is 179 cm³/mol. The van der Waals surface area contributed by atoms with E-state index in [0.29, 0.717) is 5.69 Å². The van der Waals surface area contributed by atoms with Gasteiger partial charge in [-0.3, -0.25) is 9.59 Å². The zero-order valence-electron chi connectivity index (χ0n) is 31.3. The summed E-state index contributed by atoms with van der Waals surface area (Å²) >= 11 is 0. The highest BCUT2D eigenvalue weighted by Gasteiger charge is 2.95. The summed E-state index contributed by atoms with van der Waals surface area (Å²) in [6.07, 6.45) is -14.1. The van der Waals surface area contributed by atoms with Crippen LogP contribution in [0.1, 0.15) is 29.6 Å². The fourth-order valence-corrected chi connectivity index (χ4v) is 4.77. The molecule has 27 heteroatoms. The number of rotatable bonds is 23. The number of halogens is 17. The summed E-state index contributed by atoms with van der Waals surface area (Å²) < 4.78 is 239. The molecule has 0 radical (unpaired) electrons. The van der Waals surface area contributed by atoms with Crippen LogP contribution in [0.4, 0.5) is 91.7 Å². The van der Waals surface area contributed by atoms with Crippen LogP contribution in [0.15, 0.2) is 58.8 Å². The molecule has 2 aromatic carbocycles. The van der Waals surface area contributed by atoms with Gasteiger partial charge >= 0.3 is 47.6 Å². The number of nitrogens with one attached hydrogen (secondary N) is 2. The molecule has 10 nitrogen and oxygen atoms in total. The number of carbonyl (C=O) groups is 2. The summed E-state index contributed by atoms with van der Waals surface area (Å²) in [5.41, 5.74) is 1.23. The van der Waals surface area contributed by atoms with Crippen LogP contribution in [0.2, 0.25) is 0 Å². The van der Waals surface area contributed by atoms with E-state index in [4.69, 9.17) is 9.84 Å². The molecule has 61 heavy (non-hydrogen) atoms. The Morgan fingerprint density at radius 3 is 1.61 bits per heavy atom. The lowest BCUT2D eigenvalue weighted by atomic mass is 9.87. The molecule has 0 aliphatic carbocycles. The zero-order chi connectivity index (χ0) is 47.0. The molecule has 2 aromatic rings. The van der Waals surface area contributed by atoms with Gasteiger partial charge in [0.2, 0.25) is 5.91 Å². The minimum Gasteiger partial charge on any atom is -0.394 e. The number of amides is 2. The minimum absolute atomic E-state index is 0.157. The van der Waals surface area contributed by atoms with E-state index in [1.54, 1.807) is 38.4 Å². The number of hydrogen-bond donors (Lipinski definition) is 4. The quantitative estimate of drug-likeness (QED) is 0.0505. The molecule has 0 aliphatic rings. The van der Waals surface area contributed by atoms with Crippen molar-refractivity contribution in [2.45, 2.75) is 73.0 Å². The number of azo groups is 1. The van der Waals surface area contributed by atoms with Gasteiger partial charge in [-0.05, 0) is 61.4 Å². The average Bonchev–Trinajstić information content (AvgIpc) is 3.17. The van der Waals surface area contributed by atoms with Gasteiger partial charge in [-0.1, -0.05) is 0 Å². The first kappa shape index (κ1) is 52.6. The third kappa shape index (κ3) is 11.5. The molecule has 0 bridgehead atoms. The lowest BCUT2D eigenvalue weighted by Gasteiger charge is -2.43. The molecule has 2 amide bonds. The minimum atomic E-state index is -8.78. The van der Waals surface area contributed by atoms with Gasteiger partial charge in [-0.25, -0.2) is 0 Å². The van der Waals surface area contributed by atoms with Crippen molar-refractivity contribution in [1.29, 1.82) is 0 Å². The van der Waals surface area contributed by atoms with Crippen LogP contribution < -0.4 is 15.5 Å². The Morgan fingerprint density at radius 1 is 0.689 bits per heavy atom. The maximum absolute atomic E-state index is 14.8. The molecular weight excluding hydrogens is 881 g/mol. The molecule has 0 spiro atoms. The second-order valence-corrected chi connectivity index (χ2v) is 13.3. The molecule has 2 atom stereocenters. The van der Waals surface area contributed by atoms with Crippen LogP contribution in [0.25, 0.3) is 0 Å². The van der Waals surface area contributed by atoms with Crippen molar-refractivity contribution in [3.8, 4) is 0 Å². The molecule has 2 unspecified atom stereocenters. The van der Waals surface area contributed by atoms with Crippen LogP contribution >= 0.6 is 0 Å². The number of nitrogens with zero attached hydrogens (tertiary/aromatic N) is 3. The number of ether oxygens (including phenoxy) is 1. The van der Waals surface area contributed by atoms with Crippen molar-refractivity contribution in [3.63, 3.8) is 0 Å². The topological polar surface area (TPSA) is 136 Å². The molecule has 346 valence electrons. The SMILES string of the molecule is CN(C)c1ccc(N=Nc2ccc(C(=O)NCC(CCC(F)(F)C(F)(F)C(F)(F)C(F)(F)C(F)(F)C(F)(F)C(F)(F)C(F)(F)F)C(=O)NCCCOCC(O)CO)cc2)cc1. The molecule has 0 aliphatic heterocycles. The molecule has 2 rings (SSSR count). The smallest absolute Gasteiger partial charge is 0.394 e. The zero-order valence-corrected chi connectivity index (χ0v) is 31.3. The lowest BCUT2D eigenvalue weighted by molar-refractivity contribution is -0.461. The van der Waals surface area contributed by atoms with Gasteiger partial charge < -0.3 is 30.5 Å². The largest absolute Gasteiger partial charge is 0.460 e. The van der Waals surface area contributed by atoms with E-state index in [0.717, 1.165) is 17.8 Å². The highest BCUT2D eigenvalue weighted by atomic mass is 19.4. The summed E-state index contributed by atoms with van der Waals surface area (Å²) in [4.78, 5) is 27.5. The molecule has 0 saturated heterocycles. The monoisotopic (exact) mass is 917 g/mol. The van der Waals surface area contributed by atoms with E-state index in [1.165, 1.54) is 12.1 Å². The van der Waals surface area contributed by atoms with Gasteiger partial charge in [-0.15, -0.1) is 0 Å². The van der Waals surface area contributed by atoms with E-state index in [-0.39, 0.29) is 24.3 Å². The van der Waals surface area contributed by atoms with Crippen LogP contribution in [-0.4, -0.2) is 123 Å². The van der Waals surface area contributed by atoms with Crippen LogP contribution in [0.3, 0.4) is 0 Å². The lowest BCUT2D eigenvalue weighted by Crippen LogP contribution is -2.74. The van der Waals surface area contributed by atoms with Crippen LogP contribution in [0.5, 0.6) is 0 Å². The molecule has 0 fully saturated rings. The number of aliphatic hydroxyl groups is 2. The van der Waals surface area contributed by atoms with Crippen molar-refractivity contribution in [2.75, 3.05) is 51.9 Å². The summed E-state index contributed by atoms with van der Waals surface area (Å²) in [5, 5.41) is 30.0. The summed E-state index contributed by atoms with van der Waals surface area (Å²) in [6, 6.07) is 11.5. The Kier molecular flexibility index (Phi) is 17.0. The number of benzene rings is 2.